The van der Waals surface area contributed by atoms with Crippen LogP contribution in [-0.2, 0) is 4.74 Å². The molecular weight excluding hydrogens is 250 g/mol. The second-order valence-electron chi connectivity index (χ2n) is 5.38. The van der Waals surface area contributed by atoms with Crippen LogP contribution in [0.4, 0.5) is 0 Å². The van der Waals surface area contributed by atoms with Gasteiger partial charge in [0.05, 0.1) is 12.3 Å². The topological polar surface area (TPSA) is 39.9 Å². The average molecular weight is 273 g/mol. The Bertz CT molecular complexity index is 531. The zero-order valence-electron chi connectivity index (χ0n) is 12.7. The van der Waals surface area contributed by atoms with Gasteiger partial charge in [-0.05, 0) is 27.2 Å². The second-order valence-corrected chi connectivity index (χ2v) is 5.38. The summed E-state index contributed by atoms with van der Waals surface area (Å²) in [7, 11) is 0. The van der Waals surface area contributed by atoms with Crippen LogP contribution in [0.5, 0.6) is 0 Å². The van der Waals surface area contributed by atoms with Crippen molar-refractivity contribution in [3.8, 4) is 11.3 Å². The van der Waals surface area contributed by atoms with Gasteiger partial charge >= 0.3 is 0 Å². The zero-order valence-corrected chi connectivity index (χ0v) is 12.7. The number of rotatable bonds is 6. The number of hydrogen-bond donors (Lipinski definition) is 0. The first-order valence-electron chi connectivity index (χ1n) is 7.24. The van der Waals surface area contributed by atoms with Crippen molar-refractivity contribution in [1.82, 2.24) is 15.0 Å². The van der Waals surface area contributed by atoms with Crippen molar-refractivity contribution in [1.29, 1.82) is 0 Å². The van der Waals surface area contributed by atoms with Crippen LogP contribution in [0.1, 0.15) is 45.4 Å². The Morgan fingerprint density at radius 1 is 1.20 bits per heavy atom. The molecule has 0 saturated carbocycles. The lowest BCUT2D eigenvalue weighted by Crippen LogP contribution is -2.17. The fourth-order valence-corrected chi connectivity index (χ4v) is 2.10. The molecule has 0 aliphatic rings. The molecule has 2 aromatic rings. The molecule has 0 radical (unpaired) electrons. The minimum Gasteiger partial charge on any atom is -0.354 e. The smallest absolute Gasteiger partial charge is 0.152 e. The highest BCUT2D eigenvalue weighted by Crippen LogP contribution is 2.21. The average Bonchev–Trinajstić information content (AvgIpc) is 2.88. The Hall–Kier alpha value is -1.68. The quantitative estimate of drug-likeness (QED) is 0.799. The van der Waals surface area contributed by atoms with E-state index in [2.05, 4.69) is 48.4 Å². The summed E-state index contributed by atoms with van der Waals surface area (Å²) in [5, 5.41) is 8.49. The van der Waals surface area contributed by atoms with E-state index in [0.29, 0.717) is 0 Å². The summed E-state index contributed by atoms with van der Waals surface area (Å²) in [6.45, 7) is 8.31. The lowest BCUT2D eigenvalue weighted by Gasteiger charge is -2.19. The van der Waals surface area contributed by atoms with Gasteiger partial charge in [0.2, 0.25) is 0 Å². The van der Waals surface area contributed by atoms with Gasteiger partial charge in [-0.3, -0.25) is 0 Å². The third-order valence-electron chi connectivity index (χ3n) is 3.12. The van der Waals surface area contributed by atoms with Crippen molar-refractivity contribution >= 4 is 0 Å². The minimum absolute atomic E-state index is 0.0355. The molecule has 20 heavy (non-hydrogen) atoms. The van der Waals surface area contributed by atoms with E-state index in [1.165, 1.54) is 5.56 Å². The van der Waals surface area contributed by atoms with Gasteiger partial charge in [-0.25, -0.2) is 4.68 Å². The van der Waals surface area contributed by atoms with Gasteiger partial charge < -0.3 is 4.74 Å². The molecule has 1 unspecified atom stereocenters. The second kappa shape index (κ2) is 6.66. The Labute approximate surface area is 120 Å². The van der Waals surface area contributed by atoms with Crippen LogP contribution in [-0.4, -0.2) is 21.1 Å². The molecule has 0 spiro atoms. The highest BCUT2D eigenvalue weighted by molar-refractivity contribution is 5.57. The summed E-state index contributed by atoms with van der Waals surface area (Å²) >= 11 is 0. The van der Waals surface area contributed by atoms with Crippen LogP contribution in [0.15, 0.2) is 30.5 Å². The van der Waals surface area contributed by atoms with E-state index in [1.807, 2.05) is 24.7 Å². The number of benzene rings is 1. The molecule has 0 aliphatic heterocycles. The first-order chi connectivity index (χ1) is 9.60. The minimum atomic E-state index is -0.0355. The fraction of sp³-hybridized carbons (Fsp3) is 0.500. The van der Waals surface area contributed by atoms with Crippen LogP contribution < -0.4 is 0 Å². The van der Waals surface area contributed by atoms with E-state index in [9.17, 15) is 0 Å². The van der Waals surface area contributed by atoms with Crippen molar-refractivity contribution in [2.45, 2.75) is 52.9 Å². The van der Waals surface area contributed by atoms with Crippen LogP contribution in [0.25, 0.3) is 11.3 Å². The molecule has 0 saturated heterocycles. The Balaban J connectivity index is 2.19. The normalized spacial score (nSPS) is 12.8. The Morgan fingerprint density at radius 2 is 1.90 bits per heavy atom. The summed E-state index contributed by atoms with van der Waals surface area (Å²) in [4.78, 5) is 0. The predicted molar refractivity (Wildman–Crippen MR) is 80.4 cm³/mol. The highest BCUT2D eigenvalue weighted by Gasteiger charge is 2.15. The first-order valence-corrected chi connectivity index (χ1v) is 7.24. The molecule has 1 aromatic heterocycles. The van der Waals surface area contributed by atoms with E-state index in [-0.39, 0.29) is 12.3 Å². The number of nitrogens with zero attached hydrogens (tertiary/aromatic N) is 3. The van der Waals surface area contributed by atoms with Crippen LogP contribution in [0, 0.1) is 6.92 Å². The van der Waals surface area contributed by atoms with E-state index in [0.717, 1.165) is 24.1 Å². The number of aryl methyl sites for hydroxylation is 1. The van der Waals surface area contributed by atoms with Crippen molar-refractivity contribution in [2.24, 2.45) is 0 Å². The number of hydrogen-bond acceptors (Lipinski definition) is 3. The maximum absolute atomic E-state index is 5.91. The van der Waals surface area contributed by atoms with Crippen LogP contribution >= 0.6 is 0 Å². The Kier molecular flexibility index (Phi) is 4.90. The van der Waals surface area contributed by atoms with Gasteiger partial charge in [0.1, 0.15) is 5.69 Å². The molecule has 2 rings (SSSR count). The summed E-state index contributed by atoms with van der Waals surface area (Å²) in [5.41, 5.74) is 3.22. The van der Waals surface area contributed by atoms with E-state index in [1.54, 1.807) is 0 Å². The first kappa shape index (κ1) is 14.7. The van der Waals surface area contributed by atoms with E-state index in [4.69, 9.17) is 4.74 Å². The Morgan fingerprint density at radius 3 is 2.50 bits per heavy atom. The lowest BCUT2D eigenvalue weighted by molar-refractivity contribution is -0.0502. The van der Waals surface area contributed by atoms with Crippen molar-refractivity contribution in [3.05, 3.63) is 36.0 Å². The number of ether oxygens (including phenoxy) is 1. The number of aromatic nitrogens is 3. The molecule has 1 atom stereocenters. The van der Waals surface area contributed by atoms with Gasteiger partial charge in [-0.2, -0.15) is 0 Å². The molecule has 1 aromatic carbocycles. The molecule has 0 aliphatic carbocycles. The van der Waals surface area contributed by atoms with Crippen molar-refractivity contribution in [3.63, 3.8) is 0 Å². The molecule has 0 bridgehead atoms. The van der Waals surface area contributed by atoms with E-state index < -0.39 is 0 Å². The predicted octanol–water partition coefficient (Wildman–Crippen LogP) is 3.98. The molecule has 4 heteroatoms. The van der Waals surface area contributed by atoms with Crippen molar-refractivity contribution in [2.75, 3.05) is 0 Å². The van der Waals surface area contributed by atoms with Crippen LogP contribution in [0.3, 0.4) is 0 Å². The SMILES string of the molecule is CCCC(OC(C)C)n1cc(-c2ccc(C)cc2)nn1. The summed E-state index contributed by atoms with van der Waals surface area (Å²) in [6, 6.07) is 8.31. The van der Waals surface area contributed by atoms with Gasteiger partial charge in [0, 0.05) is 5.56 Å². The van der Waals surface area contributed by atoms with E-state index >= 15 is 0 Å². The van der Waals surface area contributed by atoms with Gasteiger partial charge in [0.15, 0.2) is 6.23 Å². The molecular formula is C16H23N3O. The summed E-state index contributed by atoms with van der Waals surface area (Å²) in [5.74, 6) is 0. The molecule has 4 nitrogen and oxygen atoms in total. The third-order valence-corrected chi connectivity index (χ3v) is 3.12. The summed E-state index contributed by atoms with van der Waals surface area (Å²) < 4.78 is 7.74. The molecule has 108 valence electrons. The molecule has 0 N–H and O–H groups in total. The van der Waals surface area contributed by atoms with Crippen LogP contribution in [0.2, 0.25) is 0 Å². The molecule has 1 heterocycles. The maximum Gasteiger partial charge on any atom is 0.152 e. The van der Waals surface area contributed by atoms with Gasteiger partial charge in [-0.15, -0.1) is 5.10 Å². The molecule has 0 amide bonds. The highest BCUT2D eigenvalue weighted by atomic mass is 16.5. The lowest BCUT2D eigenvalue weighted by atomic mass is 10.1. The van der Waals surface area contributed by atoms with Crippen molar-refractivity contribution < 1.29 is 4.74 Å². The summed E-state index contributed by atoms with van der Waals surface area (Å²) in [6.07, 6.45) is 4.10. The van der Waals surface area contributed by atoms with Gasteiger partial charge in [0.25, 0.3) is 0 Å². The van der Waals surface area contributed by atoms with Gasteiger partial charge in [-0.1, -0.05) is 48.4 Å². The molecule has 0 fully saturated rings. The largest absolute Gasteiger partial charge is 0.354 e. The maximum atomic E-state index is 5.91. The fourth-order valence-electron chi connectivity index (χ4n) is 2.10. The standard InChI is InChI=1S/C16H23N3O/c1-5-6-16(20-12(2)3)19-11-15(17-18-19)14-9-7-13(4)8-10-14/h7-12,16H,5-6H2,1-4H3. The third kappa shape index (κ3) is 3.67. The monoisotopic (exact) mass is 273 g/mol. The zero-order chi connectivity index (χ0) is 14.5.